The summed E-state index contributed by atoms with van der Waals surface area (Å²) < 4.78 is 0. The SMILES string of the molecule is CCC1=C(NOCCN)CC[C@@]2(C)C1C(=O)C[C@@H]1[C@H]2CC[C@]2(C)C(=O)CC[C@@H]12. The lowest BCUT2D eigenvalue weighted by molar-refractivity contribution is -0.150. The fourth-order valence-electron chi connectivity index (χ4n) is 7.48. The first-order chi connectivity index (χ1) is 13.4. The van der Waals surface area contributed by atoms with E-state index in [-0.39, 0.29) is 16.7 Å². The van der Waals surface area contributed by atoms with Gasteiger partial charge in [-0.15, -0.1) is 0 Å². The maximum Gasteiger partial charge on any atom is 0.140 e. The number of nitrogens with two attached hydrogens (primary N) is 1. The zero-order valence-corrected chi connectivity index (χ0v) is 17.7. The fraction of sp³-hybridized carbons (Fsp3) is 0.826. The third-order valence-corrected chi connectivity index (χ3v) is 8.86. The predicted octanol–water partition coefficient (Wildman–Crippen LogP) is 3.53. The molecule has 28 heavy (non-hydrogen) atoms. The molecule has 3 saturated carbocycles. The summed E-state index contributed by atoms with van der Waals surface area (Å²) in [6.45, 7) is 7.63. The highest BCUT2D eigenvalue weighted by molar-refractivity contribution is 5.89. The van der Waals surface area contributed by atoms with Crippen LogP contribution in [-0.4, -0.2) is 24.7 Å². The van der Waals surface area contributed by atoms with E-state index in [1.165, 1.54) is 5.57 Å². The number of hydrogen-bond donors (Lipinski definition) is 2. The second-order valence-corrected chi connectivity index (χ2v) is 10.0. The van der Waals surface area contributed by atoms with Crippen LogP contribution < -0.4 is 11.2 Å². The van der Waals surface area contributed by atoms with Crippen molar-refractivity contribution in [3.63, 3.8) is 0 Å². The molecule has 156 valence electrons. The fourth-order valence-corrected chi connectivity index (χ4v) is 7.48. The van der Waals surface area contributed by atoms with Crippen LogP contribution >= 0.6 is 0 Å². The lowest BCUT2D eigenvalue weighted by Gasteiger charge is -2.59. The van der Waals surface area contributed by atoms with Crippen molar-refractivity contribution < 1.29 is 14.4 Å². The molecule has 4 aliphatic rings. The molecular formula is C23H36N2O3. The number of carbonyl (C=O) groups excluding carboxylic acids is 2. The van der Waals surface area contributed by atoms with Crippen molar-refractivity contribution >= 4 is 11.6 Å². The molecule has 4 rings (SSSR count). The lowest BCUT2D eigenvalue weighted by Crippen LogP contribution is -2.56. The van der Waals surface area contributed by atoms with Gasteiger partial charge in [0.25, 0.3) is 0 Å². The van der Waals surface area contributed by atoms with Crippen molar-refractivity contribution in [1.29, 1.82) is 0 Å². The average Bonchev–Trinajstić information content (AvgIpc) is 2.97. The van der Waals surface area contributed by atoms with Crippen molar-refractivity contribution in [2.75, 3.05) is 13.2 Å². The molecule has 0 bridgehead atoms. The number of hydroxylamine groups is 1. The van der Waals surface area contributed by atoms with E-state index >= 15 is 0 Å². The maximum atomic E-state index is 13.5. The van der Waals surface area contributed by atoms with E-state index in [0.717, 1.165) is 44.2 Å². The zero-order valence-electron chi connectivity index (χ0n) is 17.7. The van der Waals surface area contributed by atoms with E-state index in [1.54, 1.807) is 0 Å². The standard InChI is InChI=1S/C23H36N2O3/c1-4-14-18(25-28-12-11-24)8-10-23(3)17-7-9-22(2)16(5-6-20(22)27)15(17)13-19(26)21(14)23/h15-17,21,25H,4-13,24H2,1-3H3/t15-,16-,17+,21?,22-,23+/m0/s1. The minimum absolute atomic E-state index is 0.00191. The van der Waals surface area contributed by atoms with Crippen molar-refractivity contribution in [3.05, 3.63) is 11.3 Å². The van der Waals surface area contributed by atoms with Gasteiger partial charge in [-0.2, -0.15) is 0 Å². The van der Waals surface area contributed by atoms with E-state index in [1.807, 2.05) is 0 Å². The summed E-state index contributed by atoms with van der Waals surface area (Å²) in [6, 6.07) is 0. The van der Waals surface area contributed by atoms with Crippen LogP contribution in [0.4, 0.5) is 0 Å². The number of hydrogen-bond acceptors (Lipinski definition) is 5. The van der Waals surface area contributed by atoms with E-state index in [2.05, 4.69) is 26.3 Å². The van der Waals surface area contributed by atoms with Crippen LogP contribution in [0.1, 0.15) is 72.1 Å². The normalized spacial score (nSPS) is 42.9. The van der Waals surface area contributed by atoms with Crippen LogP contribution in [0.2, 0.25) is 0 Å². The number of rotatable bonds is 5. The van der Waals surface area contributed by atoms with E-state index < -0.39 is 0 Å². The Morgan fingerprint density at radius 2 is 1.93 bits per heavy atom. The summed E-state index contributed by atoms with van der Waals surface area (Å²) in [5, 5.41) is 0. The molecule has 5 nitrogen and oxygen atoms in total. The molecule has 4 aliphatic carbocycles. The minimum atomic E-state index is -0.175. The Kier molecular flexibility index (Phi) is 5.20. The zero-order chi connectivity index (χ0) is 20.1. The van der Waals surface area contributed by atoms with Gasteiger partial charge in [-0.05, 0) is 67.3 Å². The summed E-state index contributed by atoms with van der Waals surface area (Å²) in [4.78, 5) is 31.6. The Bertz CT molecular complexity index is 702. The summed E-state index contributed by atoms with van der Waals surface area (Å²) in [5.74, 6) is 2.17. The molecule has 0 aliphatic heterocycles. The van der Waals surface area contributed by atoms with Crippen LogP contribution in [0.5, 0.6) is 0 Å². The summed E-state index contributed by atoms with van der Waals surface area (Å²) in [6.07, 6.45) is 7.26. The summed E-state index contributed by atoms with van der Waals surface area (Å²) in [5.41, 5.74) is 10.8. The lowest BCUT2D eigenvalue weighted by atomic mass is 9.44. The van der Waals surface area contributed by atoms with Gasteiger partial charge in [-0.1, -0.05) is 20.8 Å². The van der Waals surface area contributed by atoms with Crippen LogP contribution in [0.15, 0.2) is 11.3 Å². The monoisotopic (exact) mass is 388 g/mol. The van der Waals surface area contributed by atoms with Crippen LogP contribution in [0, 0.1) is 34.5 Å². The van der Waals surface area contributed by atoms with Gasteiger partial charge in [-0.3, -0.25) is 19.9 Å². The smallest absolute Gasteiger partial charge is 0.140 e. The predicted molar refractivity (Wildman–Crippen MR) is 108 cm³/mol. The number of Topliss-reactive ketones (excluding diaryl/α,β-unsaturated/α-hetero) is 2. The minimum Gasteiger partial charge on any atom is -0.328 e. The maximum absolute atomic E-state index is 13.5. The Morgan fingerprint density at radius 1 is 1.14 bits per heavy atom. The largest absolute Gasteiger partial charge is 0.328 e. The van der Waals surface area contributed by atoms with Gasteiger partial charge in [0.2, 0.25) is 0 Å². The molecule has 0 aromatic carbocycles. The molecule has 0 heterocycles. The Labute approximate surface area is 168 Å². The van der Waals surface area contributed by atoms with Gasteiger partial charge in [0.1, 0.15) is 11.6 Å². The third-order valence-electron chi connectivity index (χ3n) is 8.86. The number of carbonyl (C=O) groups is 2. The van der Waals surface area contributed by atoms with Crippen molar-refractivity contribution in [3.8, 4) is 0 Å². The van der Waals surface area contributed by atoms with Crippen molar-refractivity contribution in [1.82, 2.24) is 5.48 Å². The van der Waals surface area contributed by atoms with Crippen molar-refractivity contribution in [2.45, 2.75) is 72.1 Å². The first kappa shape index (κ1) is 20.1. The second-order valence-electron chi connectivity index (χ2n) is 10.0. The molecule has 0 amide bonds. The third kappa shape index (κ3) is 2.80. The van der Waals surface area contributed by atoms with Crippen LogP contribution in [0.25, 0.3) is 0 Å². The number of nitrogens with one attached hydrogen (secondary N) is 1. The van der Waals surface area contributed by atoms with Gasteiger partial charge in [0, 0.05) is 36.4 Å². The Balaban J connectivity index is 1.65. The molecule has 6 atom stereocenters. The van der Waals surface area contributed by atoms with Crippen LogP contribution in [0.3, 0.4) is 0 Å². The van der Waals surface area contributed by atoms with Gasteiger partial charge in [0.05, 0.1) is 6.61 Å². The van der Waals surface area contributed by atoms with E-state index in [0.29, 0.717) is 55.3 Å². The first-order valence-electron chi connectivity index (χ1n) is 11.2. The molecule has 3 N–H and O–H groups in total. The second kappa shape index (κ2) is 7.24. The Hall–Kier alpha value is -1.20. The van der Waals surface area contributed by atoms with Gasteiger partial charge >= 0.3 is 0 Å². The summed E-state index contributed by atoms with van der Waals surface area (Å²) in [7, 11) is 0. The Morgan fingerprint density at radius 3 is 2.64 bits per heavy atom. The van der Waals surface area contributed by atoms with Gasteiger partial charge in [0.15, 0.2) is 0 Å². The molecule has 0 saturated heterocycles. The van der Waals surface area contributed by atoms with Crippen LogP contribution in [-0.2, 0) is 14.4 Å². The van der Waals surface area contributed by atoms with Gasteiger partial charge in [-0.25, -0.2) is 0 Å². The molecule has 0 spiro atoms. The molecule has 0 aromatic rings. The molecular weight excluding hydrogens is 352 g/mol. The van der Waals surface area contributed by atoms with E-state index in [9.17, 15) is 9.59 Å². The molecule has 3 fully saturated rings. The van der Waals surface area contributed by atoms with Crippen molar-refractivity contribution in [2.24, 2.45) is 40.2 Å². The molecule has 1 unspecified atom stereocenters. The molecule has 5 heteroatoms. The number of fused-ring (bicyclic) bond motifs is 5. The first-order valence-corrected chi connectivity index (χ1v) is 11.2. The number of allylic oxidation sites excluding steroid dienone is 2. The number of ketones is 2. The highest BCUT2D eigenvalue weighted by atomic mass is 16.6. The quantitative estimate of drug-likeness (QED) is 0.556. The topological polar surface area (TPSA) is 81.4 Å². The average molecular weight is 389 g/mol. The molecule has 0 aromatic heterocycles. The highest BCUT2D eigenvalue weighted by Gasteiger charge is 2.62. The van der Waals surface area contributed by atoms with Gasteiger partial charge < -0.3 is 5.73 Å². The highest BCUT2D eigenvalue weighted by Crippen LogP contribution is 2.65. The summed E-state index contributed by atoms with van der Waals surface area (Å²) >= 11 is 0. The van der Waals surface area contributed by atoms with E-state index in [4.69, 9.17) is 10.6 Å². The molecule has 0 radical (unpaired) electrons.